The molecule has 8 nitrogen and oxygen atoms in total. The van der Waals surface area contributed by atoms with Crippen LogP contribution >= 0.6 is 0 Å². The third-order valence-corrected chi connectivity index (χ3v) is 3.24. The highest BCUT2D eigenvalue weighted by Crippen LogP contribution is 2.14. The Morgan fingerprint density at radius 1 is 1.50 bits per heavy atom. The van der Waals surface area contributed by atoms with Gasteiger partial charge in [-0.2, -0.15) is 4.98 Å². The van der Waals surface area contributed by atoms with Crippen molar-refractivity contribution < 1.29 is 0 Å². The fraction of sp³-hybridized carbons (Fsp3) is 0.417. The summed E-state index contributed by atoms with van der Waals surface area (Å²) in [6.45, 7) is 4.79. The number of hydrogen-bond acceptors (Lipinski definition) is 7. The van der Waals surface area contributed by atoms with Crippen molar-refractivity contribution in [3.05, 3.63) is 24.5 Å². The molecule has 0 aromatic carbocycles. The van der Waals surface area contributed by atoms with E-state index in [9.17, 15) is 0 Å². The SMILES string of the molecule is CC1CNCCN1n1nc(Nc2cccnc2)nc1N. The summed E-state index contributed by atoms with van der Waals surface area (Å²) < 4.78 is 0. The van der Waals surface area contributed by atoms with E-state index in [0.29, 0.717) is 17.9 Å². The molecule has 1 saturated heterocycles. The van der Waals surface area contributed by atoms with E-state index >= 15 is 0 Å². The molecule has 106 valence electrons. The molecule has 1 aliphatic rings. The normalized spacial score (nSPS) is 19.1. The van der Waals surface area contributed by atoms with Crippen molar-refractivity contribution in [2.75, 3.05) is 35.7 Å². The second kappa shape index (κ2) is 5.33. The van der Waals surface area contributed by atoms with E-state index in [2.05, 4.69) is 37.6 Å². The second-order valence-corrected chi connectivity index (χ2v) is 4.77. The van der Waals surface area contributed by atoms with Crippen LogP contribution in [-0.2, 0) is 0 Å². The van der Waals surface area contributed by atoms with Gasteiger partial charge in [0.25, 0.3) is 5.95 Å². The average Bonchev–Trinajstić information content (AvgIpc) is 2.81. The summed E-state index contributed by atoms with van der Waals surface area (Å²) in [5, 5.41) is 12.9. The van der Waals surface area contributed by atoms with Gasteiger partial charge in [-0.1, -0.05) is 0 Å². The van der Waals surface area contributed by atoms with Crippen molar-refractivity contribution in [2.45, 2.75) is 13.0 Å². The summed E-state index contributed by atoms with van der Waals surface area (Å²) in [7, 11) is 0. The minimum atomic E-state index is 0.319. The predicted molar refractivity (Wildman–Crippen MR) is 77.4 cm³/mol. The fourth-order valence-electron chi connectivity index (χ4n) is 2.24. The molecule has 1 atom stereocenters. The van der Waals surface area contributed by atoms with Crippen molar-refractivity contribution in [1.29, 1.82) is 0 Å². The van der Waals surface area contributed by atoms with Crippen LogP contribution < -0.4 is 21.4 Å². The number of anilines is 3. The van der Waals surface area contributed by atoms with E-state index in [4.69, 9.17) is 5.73 Å². The molecule has 0 amide bonds. The first-order valence-corrected chi connectivity index (χ1v) is 6.61. The zero-order chi connectivity index (χ0) is 13.9. The Balaban J connectivity index is 1.80. The van der Waals surface area contributed by atoms with E-state index in [1.165, 1.54) is 0 Å². The molecule has 1 aliphatic heterocycles. The molecule has 4 N–H and O–H groups in total. The first kappa shape index (κ1) is 12.7. The molecule has 1 fully saturated rings. The first-order valence-electron chi connectivity index (χ1n) is 6.61. The number of nitrogens with one attached hydrogen (secondary N) is 2. The molecule has 8 heteroatoms. The topological polar surface area (TPSA) is 96.9 Å². The number of hydrogen-bond donors (Lipinski definition) is 3. The molecule has 20 heavy (non-hydrogen) atoms. The maximum Gasteiger partial charge on any atom is 0.250 e. The quantitative estimate of drug-likeness (QED) is 0.720. The van der Waals surface area contributed by atoms with Gasteiger partial charge in [0.15, 0.2) is 0 Å². The third-order valence-electron chi connectivity index (χ3n) is 3.24. The number of aromatic nitrogens is 4. The maximum atomic E-state index is 5.96. The molecule has 0 spiro atoms. The van der Waals surface area contributed by atoms with E-state index in [0.717, 1.165) is 25.3 Å². The fourth-order valence-corrected chi connectivity index (χ4v) is 2.24. The molecular weight excluding hydrogens is 256 g/mol. The van der Waals surface area contributed by atoms with E-state index in [-0.39, 0.29) is 0 Å². The summed E-state index contributed by atoms with van der Waals surface area (Å²) in [6, 6.07) is 4.07. The van der Waals surface area contributed by atoms with Gasteiger partial charge in [-0.3, -0.25) is 9.99 Å². The monoisotopic (exact) mass is 274 g/mol. The molecule has 3 rings (SSSR count). The minimum Gasteiger partial charge on any atom is -0.366 e. The number of nitrogens with two attached hydrogens (primary N) is 1. The van der Waals surface area contributed by atoms with Crippen LogP contribution in [0.25, 0.3) is 0 Å². The lowest BCUT2D eigenvalue weighted by molar-refractivity contribution is 0.394. The van der Waals surface area contributed by atoms with E-state index in [1.54, 1.807) is 17.2 Å². The van der Waals surface area contributed by atoms with E-state index < -0.39 is 0 Å². The highest BCUT2D eigenvalue weighted by Gasteiger charge is 2.21. The van der Waals surface area contributed by atoms with Gasteiger partial charge in [-0.05, 0) is 19.1 Å². The average molecular weight is 274 g/mol. The van der Waals surface area contributed by atoms with Crippen LogP contribution in [0.2, 0.25) is 0 Å². The van der Waals surface area contributed by atoms with Gasteiger partial charge in [-0.15, -0.1) is 9.89 Å². The molecular formula is C12H18N8. The summed E-state index contributed by atoms with van der Waals surface area (Å²) in [6.07, 6.45) is 3.43. The van der Waals surface area contributed by atoms with Crippen molar-refractivity contribution in [3.8, 4) is 0 Å². The van der Waals surface area contributed by atoms with Crippen molar-refractivity contribution in [2.24, 2.45) is 0 Å². The Morgan fingerprint density at radius 2 is 2.40 bits per heavy atom. The Labute approximate surface area is 117 Å². The van der Waals surface area contributed by atoms with Gasteiger partial charge in [0, 0.05) is 25.8 Å². The number of nitrogen functional groups attached to an aromatic ring is 1. The number of rotatable bonds is 3. The van der Waals surface area contributed by atoms with Crippen LogP contribution in [-0.4, -0.2) is 45.5 Å². The molecule has 3 heterocycles. The van der Waals surface area contributed by atoms with Crippen molar-refractivity contribution in [1.82, 2.24) is 25.2 Å². The Morgan fingerprint density at radius 3 is 3.15 bits per heavy atom. The van der Waals surface area contributed by atoms with Gasteiger partial charge in [0.1, 0.15) is 0 Å². The Hall–Kier alpha value is -2.35. The van der Waals surface area contributed by atoms with Crippen LogP contribution in [0, 0.1) is 0 Å². The summed E-state index contributed by atoms with van der Waals surface area (Å²) in [5.74, 6) is 0.853. The molecule has 2 aromatic heterocycles. The molecule has 0 bridgehead atoms. The summed E-state index contributed by atoms with van der Waals surface area (Å²) in [4.78, 5) is 9.95. The molecule has 1 unspecified atom stereocenters. The second-order valence-electron chi connectivity index (χ2n) is 4.77. The highest BCUT2D eigenvalue weighted by molar-refractivity contribution is 5.52. The van der Waals surface area contributed by atoms with Gasteiger partial charge in [0.05, 0.1) is 17.9 Å². The third kappa shape index (κ3) is 2.50. The van der Waals surface area contributed by atoms with Gasteiger partial charge >= 0.3 is 0 Å². The predicted octanol–water partition coefficient (Wildman–Crippen LogP) is -0.0714. The zero-order valence-corrected chi connectivity index (χ0v) is 11.3. The van der Waals surface area contributed by atoms with E-state index in [1.807, 2.05) is 12.1 Å². The van der Waals surface area contributed by atoms with Gasteiger partial charge in [0.2, 0.25) is 5.95 Å². The largest absolute Gasteiger partial charge is 0.366 e. The zero-order valence-electron chi connectivity index (χ0n) is 11.3. The highest BCUT2D eigenvalue weighted by atomic mass is 15.7. The lowest BCUT2D eigenvalue weighted by Crippen LogP contribution is -2.55. The Kier molecular flexibility index (Phi) is 3.38. The molecule has 0 saturated carbocycles. The first-order chi connectivity index (χ1) is 9.74. The van der Waals surface area contributed by atoms with Crippen LogP contribution in [0.15, 0.2) is 24.5 Å². The van der Waals surface area contributed by atoms with Crippen LogP contribution in [0.4, 0.5) is 17.6 Å². The smallest absolute Gasteiger partial charge is 0.250 e. The lowest BCUT2D eigenvalue weighted by Gasteiger charge is -2.34. The van der Waals surface area contributed by atoms with Crippen LogP contribution in [0.5, 0.6) is 0 Å². The molecule has 0 aliphatic carbocycles. The maximum absolute atomic E-state index is 5.96. The van der Waals surface area contributed by atoms with Crippen molar-refractivity contribution >= 4 is 17.6 Å². The van der Waals surface area contributed by atoms with Crippen LogP contribution in [0.1, 0.15) is 6.92 Å². The van der Waals surface area contributed by atoms with Crippen molar-refractivity contribution in [3.63, 3.8) is 0 Å². The minimum absolute atomic E-state index is 0.319. The van der Waals surface area contributed by atoms with Crippen LogP contribution in [0.3, 0.4) is 0 Å². The summed E-state index contributed by atoms with van der Waals surface area (Å²) >= 11 is 0. The van der Waals surface area contributed by atoms with Gasteiger partial charge < -0.3 is 16.4 Å². The number of nitrogens with zero attached hydrogens (tertiary/aromatic N) is 5. The number of pyridine rings is 1. The molecule has 0 radical (unpaired) electrons. The summed E-state index contributed by atoms with van der Waals surface area (Å²) in [5.41, 5.74) is 6.79. The lowest BCUT2D eigenvalue weighted by atomic mass is 10.2. The Bertz CT molecular complexity index is 566. The molecule has 2 aromatic rings. The standard InChI is InChI=1S/C12H18N8/c1-9-7-15-5-6-19(9)20-11(13)17-12(18-20)16-10-3-2-4-14-8-10/h2-4,8-9,15H,5-7H2,1H3,(H3,13,16,17,18). The number of piperazine rings is 1. The van der Waals surface area contributed by atoms with Gasteiger partial charge in [-0.25, -0.2) is 0 Å².